The molecule has 3 heteroatoms. The Hall–Kier alpha value is -0.763. The minimum atomic E-state index is -1.53. The van der Waals surface area contributed by atoms with E-state index in [1.165, 1.54) is 10.4 Å². The fourth-order valence-electron chi connectivity index (χ4n) is 1.45. The molecule has 0 spiro atoms. The second-order valence-electron chi connectivity index (χ2n) is 3.32. The molecule has 2 rings (SSSR count). The van der Waals surface area contributed by atoms with Gasteiger partial charge in [0.25, 0.3) is 0 Å². The van der Waals surface area contributed by atoms with Gasteiger partial charge in [-0.15, -0.1) is 0 Å². The lowest BCUT2D eigenvalue weighted by molar-refractivity contribution is 1.74. The maximum absolute atomic E-state index is 6.48. The Balaban J connectivity index is 2.29. The van der Waals surface area contributed by atoms with Crippen LogP contribution in [0.4, 0.5) is 0 Å². The molecule has 0 nitrogen and oxygen atoms in total. The second-order valence-corrected chi connectivity index (χ2v) is 7.13. The first-order valence-corrected chi connectivity index (χ1v) is 8.00. The molecule has 0 saturated heterocycles. The van der Waals surface area contributed by atoms with Crippen molar-refractivity contribution in [1.29, 1.82) is 0 Å². The quantitative estimate of drug-likeness (QED) is 0.569. The molecular weight excluding hydrogens is 243 g/mol. The standard InChI is InChI=1S/C12H10Cl2Si/c13-10-6-8-12(9-7-10)15(14)11-4-2-1-3-5-11/h1-9,15H. The van der Waals surface area contributed by atoms with Gasteiger partial charge in [0.05, 0.1) is 0 Å². The Bertz CT molecular complexity index is 425. The Labute approximate surface area is 101 Å². The highest BCUT2D eigenvalue weighted by molar-refractivity contribution is 7.21. The van der Waals surface area contributed by atoms with Gasteiger partial charge in [0, 0.05) is 5.02 Å². The van der Waals surface area contributed by atoms with Gasteiger partial charge in [0.15, 0.2) is 0 Å². The molecule has 1 atom stereocenters. The van der Waals surface area contributed by atoms with E-state index in [1.807, 2.05) is 42.5 Å². The average Bonchev–Trinajstić information content (AvgIpc) is 2.30. The molecule has 2 aromatic carbocycles. The zero-order valence-corrected chi connectivity index (χ0v) is 10.7. The molecule has 0 bridgehead atoms. The summed E-state index contributed by atoms with van der Waals surface area (Å²) in [5.41, 5.74) is 0. The van der Waals surface area contributed by atoms with Gasteiger partial charge in [0.1, 0.15) is 0 Å². The van der Waals surface area contributed by atoms with Crippen LogP contribution in [0.25, 0.3) is 0 Å². The summed E-state index contributed by atoms with van der Waals surface area (Å²) in [6, 6.07) is 18.0. The van der Waals surface area contributed by atoms with Crippen LogP contribution in [-0.4, -0.2) is 8.11 Å². The van der Waals surface area contributed by atoms with Crippen molar-refractivity contribution in [2.45, 2.75) is 0 Å². The molecule has 0 aromatic heterocycles. The maximum atomic E-state index is 6.48. The number of benzene rings is 2. The maximum Gasteiger partial charge on any atom is 0.201 e. The summed E-state index contributed by atoms with van der Waals surface area (Å²) in [6.45, 7) is 0. The van der Waals surface area contributed by atoms with Gasteiger partial charge < -0.3 is 0 Å². The highest BCUT2D eigenvalue weighted by atomic mass is 35.6. The van der Waals surface area contributed by atoms with Crippen LogP contribution in [0.5, 0.6) is 0 Å². The Morgan fingerprint density at radius 3 is 1.87 bits per heavy atom. The normalized spacial score (nSPS) is 12.4. The lowest BCUT2D eigenvalue weighted by Crippen LogP contribution is -2.36. The zero-order valence-electron chi connectivity index (χ0n) is 8.03. The average molecular weight is 253 g/mol. The van der Waals surface area contributed by atoms with Crippen molar-refractivity contribution in [2.24, 2.45) is 0 Å². The molecule has 15 heavy (non-hydrogen) atoms. The van der Waals surface area contributed by atoms with Gasteiger partial charge in [-0.2, -0.15) is 11.1 Å². The number of rotatable bonds is 2. The highest BCUT2D eigenvalue weighted by Crippen LogP contribution is 2.05. The van der Waals surface area contributed by atoms with Crippen LogP contribution in [0.2, 0.25) is 5.02 Å². The zero-order chi connectivity index (χ0) is 10.7. The Kier molecular flexibility index (Phi) is 3.47. The Morgan fingerprint density at radius 2 is 1.27 bits per heavy atom. The summed E-state index contributed by atoms with van der Waals surface area (Å²) in [5, 5.41) is 3.19. The fourth-order valence-corrected chi connectivity index (χ4v) is 3.92. The van der Waals surface area contributed by atoms with Crippen molar-refractivity contribution in [3.05, 3.63) is 59.6 Å². The predicted molar refractivity (Wildman–Crippen MR) is 70.2 cm³/mol. The molecule has 76 valence electrons. The SMILES string of the molecule is Clc1ccc([SiH](Cl)c2ccccc2)cc1. The van der Waals surface area contributed by atoms with Crippen LogP contribution in [0, 0.1) is 0 Å². The van der Waals surface area contributed by atoms with Gasteiger partial charge in [-0.3, -0.25) is 0 Å². The molecule has 0 heterocycles. The van der Waals surface area contributed by atoms with Crippen molar-refractivity contribution >= 4 is 41.2 Å². The Morgan fingerprint density at radius 1 is 0.733 bits per heavy atom. The third kappa shape index (κ3) is 2.62. The summed E-state index contributed by atoms with van der Waals surface area (Å²) < 4.78 is 0. The van der Waals surface area contributed by atoms with E-state index in [4.69, 9.17) is 22.7 Å². The van der Waals surface area contributed by atoms with E-state index in [0.717, 1.165) is 5.02 Å². The fraction of sp³-hybridized carbons (Fsp3) is 0. The molecule has 0 fully saturated rings. The van der Waals surface area contributed by atoms with Crippen LogP contribution in [0.1, 0.15) is 0 Å². The van der Waals surface area contributed by atoms with Gasteiger partial charge >= 0.3 is 0 Å². The van der Waals surface area contributed by atoms with E-state index >= 15 is 0 Å². The van der Waals surface area contributed by atoms with E-state index < -0.39 is 8.11 Å². The summed E-state index contributed by atoms with van der Waals surface area (Å²) in [5.74, 6) is 0. The summed E-state index contributed by atoms with van der Waals surface area (Å²) in [4.78, 5) is 0. The lowest BCUT2D eigenvalue weighted by atomic mass is 10.4. The largest absolute Gasteiger partial charge is 0.201 e. The number of hydrogen-bond acceptors (Lipinski definition) is 0. The van der Waals surface area contributed by atoms with E-state index in [0.29, 0.717) is 0 Å². The van der Waals surface area contributed by atoms with Crippen LogP contribution in [0.15, 0.2) is 54.6 Å². The van der Waals surface area contributed by atoms with Gasteiger partial charge in [-0.05, 0) is 22.5 Å². The molecule has 2 aromatic rings. The first kappa shape index (κ1) is 10.7. The van der Waals surface area contributed by atoms with Crippen molar-refractivity contribution in [3.63, 3.8) is 0 Å². The van der Waals surface area contributed by atoms with Crippen LogP contribution < -0.4 is 10.4 Å². The highest BCUT2D eigenvalue weighted by Gasteiger charge is 2.11. The minimum Gasteiger partial charge on any atom is -0.159 e. The molecule has 0 aliphatic heterocycles. The van der Waals surface area contributed by atoms with Crippen LogP contribution >= 0.6 is 22.7 Å². The molecule has 0 aliphatic rings. The smallest absolute Gasteiger partial charge is 0.159 e. The topological polar surface area (TPSA) is 0 Å². The monoisotopic (exact) mass is 252 g/mol. The number of halogens is 2. The summed E-state index contributed by atoms with van der Waals surface area (Å²) in [6.07, 6.45) is 0. The summed E-state index contributed by atoms with van der Waals surface area (Å²) >= 11 is 12.3. The van der Waals surface area contributed by atoms with Crippen molar-refractivity contribution in [3.8, 4) is 0 Å². The third-order valence-electron chi connectivity index (χ3n) is 2.25. The lowest BCUT2D eigenvalue weighted by Gasteiger charge is -2.07. The third-order valence-corrected chi connectivity index (χ3v) is 5.96. The van der Waals surface area contributed by atoms with Gasteiger partial charge in [-0.25, -0.2) is 0 Å². The van der Waals surface area contributed by atoms with Crippen LogP contribution in [0.3, 0.4) is 0 Å². The first-order valence-electron chi connectivity index (χ1n) is 4.72. The van der Waals surface area contributed by atoms with Crippen molar-refractivity contribution in [1.82, 2.24) is 0 Å². The minimum absolute atomic E-state index is 0.754. The summed E-state index contributed by atoms with van der Waals surface area (Å²) in [7, 11) is -1.53. The molecule has 0 amide bonds. The van der Waals surface area contributed by atoms with E-state index in [-0.39, 0.29) is 0 Å². The molecule has 0 saturated carbocycles. The second kappa shape index (κ2) is 4.84. The molecule has 0 aliphatic carbocycles. The van der Waals surface area contributed by atoms with Crippen molar-refractivity contribution < 1.29 is 0 Å². The van der Waals surface area contributed by atoms with E-state index in [2.05, 4.69) is 12.1 Å². The molecule has 0 radical (unpaired) electrons. The van der Waals surface area contributed by atoms with E-state index in [9.17, 15) is 0 Å². The van der Waals surface area contributed by atoms with Crippen LogP contribution in [-0.2, 0) is 0 Å². The molecule has 0 N–H and O–H groups in total. The van der Waals surface area contributed by atoms with Crippen molar-refractivity contribution in [2.75, 3.05) is 0 Å². The molecular formula is C12H10Cl2Si. The van der Waals surface area contributed by atoms with Gasteiger partial charge in [-0.1, -0.05) is 54.1 Å². The number of hydrogen-bond donors (Lipinski definition) is 0. The van der Waals surface area contributed by atoms with Gasteiger partial charge in [0.2, 0.25) is 8.11 Å². The first-order chi connectivity index (χ1) is 7.27. The van der Waals surface area contributed by atoms with E-state index in [1.54, 1.807) is 0 Å². The predicted octanol–water partition coefficient (Wildman–Crippen LogP) is 2.42. The molecule has 1 unspecified atom stereocenters.